The maximum absolute atomic E-state index is 13.4. The maximum atomic E-state index is 13.4. The molecule has 1 aliphatic rings. The van der Waals surface area contributed by atoms with Crippen molar-refractivity contribution < 1.29 is 32.2 Å². The number of hydrogen-bond acceptors (Lipinski definition) is 12. The Morgan fingerprint density at radius 3 is 2.31 bits per heavy atom. The summed E-state index contributed by atoms with van der Waals surface area (Å²) in [5, 5.41) is 7.40. The van der Waals surface area contributed by atoms with E-state index in [0.29, 0.717) is 45.8 Å². The fourth-order valence-electron chi connectivity index (χ4n) is 6.73. The molecule has 0 radical (unpaired) electrons. The number of fused-ring (bicyclic) bond motifs is 1. The molecule has 4 aromatic carbocycles. The monoisotopic (exact) mass is 825 g/mol. The van der Waals surface area contributed by atoms with Crippen molar-refractivity contribution in [3.63, 3.8) is 0 Å². The van der Waals surface area contributed by atoms with Crippen molar-refractivity contribution in [1.29, 1.82) is 0 Å². The van der Waals surface area contributed by atoms with Gasteiger partial charge in [0.2, 0.25) is 21.9 Å². The van der Waals surface area contributed by atoms with E-state index in [-0.39, 0.29) is 34.9 Å². The smallest absolute Gasteiger partial charge is 0.324 e. The molecule has 0 bridgehead atoms. The number of carbonyl (C=O) groups is 2. The summed E-state index contributed by atoms with van der Waals surface area (Å²) in [6.45, 7) is 11.1. The number of piperazine rings is 1. The van der Waals surface area contributed by atoms with Crippen LogP contribution in [0.15, 0.2) is 79.0 Å². The van der Waals surface area contributed by atoms with Crippen LogP contribution in [-0.4, -0.2) is 107 Å². The summed E-state index contributed by atoms with van der Waals surface area (Å²) < 4.78 is 44.9. The number of ether oxygens (including phenoxy) is 3. The summed E-state index contributed by atoms with van der Waals surface area (Å²) in [6.07, 6.45) is 2.58. The van der Waals surface area contributed by atoms with E-state index in [0.717, 1.165) is 44.5 Å². The van der Waals surface area contributed by atoms with Gasteiger partial charge in [-0.2, -0.15) is 4.98 Å². The number of urea groups is 1. The molecule has 16 nitrogen and oxygen atoms in total. The van der Waals surface area contributed by atoms with Crippen LogP contribution in [0.4, 0.5) is 33.5 Å². The first-order valence-electron chi connectivity index (χ1n) is 19.0. The van der Waals surface area contributed by atoms with Crippen LogP contribution >= 0.6 is 0 Å². The zero-order chi connectivity index (χ0) is 42.5. The van der Waals surface area contributed by atoms with Gasteiger partial charge in [-0.15, -0.1) is 0 Å². The van der Waals surface area contributed by atoms with Crippen molar-refractivity contribution >= 4 is 61.4 Å². The van der Waals surface area contributed by atoms with Gasteiger partial charge >= 0.3 is 6.03 Å². The van der Waals surface area contributed by atoms with Gasteiger partial charge in [0.25, 0.3) is 5.91 Å². The fraction of sp³-hybridized carbons (Fsp3) is 0.333. The van der Waals surface area contributed by atoms with E-state index in [1.807, 2.05) is 45.0 Å². The summed E-state index contributed by atoms with van der Waals surface area (Å²) in [5.74, 6) is 1.21. The molecule has 5 N–H and O–H groups in total. The zero-order valence-corrected chi connectivity index (χ0v) is 35.1. The number of aromatic nitrogens is 2. The van der Waals surface area contributed by atoms with E-state index in [1.54, 1.807) is 54.7 Å². The Morgan fingerprint density at radius 1 is 0.915 bits per heavy atom. The molecular formula is C42H51N9O7S. The Hall–Kier alpha value is -6.17. The molecule has 1 saturated heterocycles. The molecule has 59 heavy (non-hydrogen) atoms. The predicted molar refractivity (Wildman–Crippen MR) is 230 cm³/mol. The molecule has 312 valence electrons. The third-order valence-corrected chi connectivity index (χ3v) is 10.4. The summed E-state index contributed by atoms with van der Waals surface area (Å²) in [5.41, 5.74) is 8.13. The lowest BCUT2D eigenvalue weighted by Gasteiger charge is -2.32. The van der Waals surface area contributed by atoms with Crippen molar-refractivity contribution in [2.45, 2.75) is 26.2 Å². The number of nitrogens with zero attached hydrogens (tertiary/aromatic N) is 5. The van der Waals surface area contributed by atoms with Gasteiger partial charge in [0.15, 0.2) is 5.75 Å². The molecular weight excluding hydrogens is 775 g/mol. The largest absolute Gasteiger partial charge is 0.497 e. The van der Waals surface area contributed by atoms with Crippen LogP contribution in [0, 0.1) is 0 Å². The fourth-order valence-corrected chi connectivity index (χ4v) is 7.28. The Balaban J connectivity index is 1.27. The highest BCUT2D eigenvalue weighted by molar-refractivity contribution is 7.92. The second-order valence-electron chi connectivity index (χ2n) is 15.3. The zero-order valence-electron chi connectivity index (χ0n) is 34.3. The molecule has 0 unspecified atom stereocenters. The number of likely N-dealkylation sites (N-methyl/N-ethyl adjacent to an activating group) is 1. The second-order valence-corrected chi connectivity index (χ2v) is 17.0. The highest BCUT2D eigenvalue weighted by Gasteiger charge is 2.28. The van der Waals surface area contributed by atoms with Crippen LogP contribution in [0.5, 0.6) is 23.1 Å². The molecule has 3 amide bonds. The van der Waals surface area contributed by atoms with E-state index >= 15 is 0 Å². The first-order chi connectivity index (χ1) is 28.0. The number of hydrogen-bond donors (Lipinski definition) is 4. The first-order valence-corrected chi connectivity index (χ1v) is 20.9. The SMILES string of the molecule is COc1cc(Nc2nccc(Oc3ccc(N(C(N)=O)c4cc(C(C)(C)C)cc(NS(C)(=O)=O)c4OC)c4ccccc34)n2)cc(C(=O)NCCN2CCN(C)CC2)c1. The maximum Gasteiger partial charge on any atom is 0.324 e. The number of benzene rings is 4. The van der Waals surface area contributed by atoms with Crippen molar-refractivity contribution in [3.8, 4) is 23.1 Å². The Bertz CT molecular complexity index is 2450. The quantitative estimate of drug-likeness (QED) is 0.102. The number of rotatable bonds is 14. The van der Waals surface area contributed by atoms with Crippen LogP contribution in [-0.2, 0) is 15.4 Å². The number of carbonyl (C=O) groups excluding carboxylic acids is 2. The van der Waals surface area contributed by atoms with Gasteiger partial charge < -0.3 is 35.5 Å². The molecule has 0 atom stereocenters. The minimum atomic E-state index is -3.73. The summed E-state index contributed by atoms with van der Waals surface area (Å²) in [7, 11) is 1.31. The topological polar surface area (TPSA) is 194 Å². The van der Waals surface area contributed by atoms with Crippen molar-refractivity contribution in [2.75, 3.05) is 81.7 Å². The number of methoxy groups -OCH3 is 2. The van der Waals surface area contributed by atoms with Gasteiger partial charge in [0.1, 0.15) is 11.5 Å². The Kier molecular flexibility index (Phi) is 12.8. The minimum Gasteiger partial charge on any atom is -0.497 e. The third kappa shape index (κ3) is 10.5. The second kappa shape index (κ2) is 17.8. The number of sulfonamides is 1. The van der Waals surface area contributed by atoms with Gasteiger partial charge in [0, 0.05) is 79.6 Å². The van der Waals surface area contributed by atoms with E-state index in [2.05, 4.69) is 42.2 Å². The highest BCUT2D eigenvalue weighted by atomic mass is 32.2. The van der Waals surface area contributed by atoms with Crippen LogP contribution in [0.2, 0.25) is 0 Å². The molecule has 0 aliphatic carbocycles. The van der Waals surface area contributed by atoms with Crippen molar-refractivity contribution in [2.24, 2.45) is 5.73 Å². The van der Waals surface area contributed by atoms with Crippen molar-refractivity contribution in [1.82, 2.24) is 25.1 Å². The number of anilines is 5. The lowest BCUT2D eigenvalue weighted by atomic mass is 9.86. The van der Waals surface area contributed by atoms with Gasteiger partial charge in [-0.3, -0.25) is 19.3 Å². The van der Waals surface area contributed by atoms with Gasteiger partial charge in [-0.25, -0.2) is 18.2 Å². The average molecular weight is 826 g/mol. The van der Waals surface area contributed by atoms with Gasteiger partial charge in [-0.05, 0) is 54.4 Å². The summed E-state index contributed by atoms with van der Waals surface area (Å²) >= 11 is 0. The van der Waals surface area contributed by atoms with Crippen LogP contribution < -0.4 is 40.2 Å². The van der Waals surface area contributed by atoms with Crippen LogP contribution in [0.1, 0.15) is 36.7 Å². The first kappa shape index (κ1) is 42.4. The molecule has 1 fully saturated rings. The predicted octanol–water partition coefficient (Wildman–Crippen LogP) is 6.05. The van der Waals surface area contributed by atoms with E-state index in [1.165, 1.54) is 19.1 Å². The molecule has 1 aliphatic heterocycles. The molecule has 2 heterocycles. The third-order valence-electron chi connectivity index (χ3n) is 9.81. The van der Waals surface area contributed by atoms with Gasteiger partial charge in [0.05, 0.1) is 37.5 Å². The molecule has 17 heteroatoms. The Labute approximate surface area is 344 Å². The number of primary amides is 1. The molecule has 6 rings (SSSR count). The molecule has 1 aromatic heterocycles. The van der Waals surface area contributed by atoms with Crippen LogP contribution in [0.25, 0.3) is 10.8 Å². The number of nitrogens with two attached hydrogens (primary N) is 1. The summed E-state index contributed by atoms with van der Waals surface area (Å²) in [6, 6.07) is 20.0. The molecule has 5 aromatic rings. The molecule has 0 saturated carbocycles. The van der Waals surface area contributed by atoms with E-state index in [4.69, 9.17) is 19.9 Å². The van der Waals surface area contributed by atoms with E-state index in [9.17, 15) is 18.0 Å². The lowest BCUT2D eigenvalue weighted by molar-refractivity contribution is 0.0940. The average Bonchev–Trinajstić information content (AvgIpc) is 3.18. The minimum absolute atomic E-state index is 0.109. The van der Waals surface area contributed by atoms with E-state index < -0.39 is 21.5 Å². The highest BCUT2D eigenvalue weighted by Crippen LogP contribution is 2.46. The Morgan fingerprint density at radius 2 is 1.64 bits per heavy atom. The standard InChI is InChI=1S/C42H51N9O7S/c1-42(2,3)28-24-33(48-59(7,54)55)38(57-6)35(25-28)51(40(43)53)34-12-13-36(32-11-9-8-10-31(32)34)58-37-14-15-45-41(47-37)46-29-22-27(23-30(26-29)56-5)39(52)44-16-17-50-20-18-49(4)19-21-50/h8-15,22-26,48H,16-21H2,1-7H3,(H2,43,53)(H,44,52)(H,45,46,47). The lowest BCUT2D eigenvalue weighted by Crippen LogP contribution is -2.46. The van der Waals surface area contributed by atoms with Crippen molar-refractivity contribution in [3.05, 3.63) is 90.1 Å². The van der Waals surface area contributed by atoms with Gasteiger partial charge in [-0.1, -0.05) is 45.0 Å². The van der Waals surface area contributed by atoms with Crippen LogP contribution in [0.3, 0.4) is 0 Å². The summed E-state index contributed by atoms with van der Waals surface area (Å²) in [4.78, 5) is 41.5. The number of amides is 3. The molecule has 0 spiro atoms. The normalized spacial score (nSPS) is 13.7. The number of nitrogens with one attached hydrogen (secondary N) is 3.